The average molecular weight is 621 g/mol. The van der Waals surface area contributed by atoms with E-state index in [4.69, 9.17) is 9.72 Å². The second-order valence-electron chi connectivity index (χ2n) is 13.6. The van der Waals surface area contributed by atoms with Gasteiger partial charge in [0.05, 0.1) is 34.3 Å². The highest BCUT2D eigenvalue weighted by Gasteiger charge is 2.61. The van der Waals surface area contributed by atoms with Crippen LogP contribution in [0.1, 0.15) is 65.2 Å². The SMILES string of the molecule is CC(C)(C)C(=O)COC(=O)c1cc(-c2cccc(N3C(=O)[C@@H]4C5c6ccccc6C(c6ccccc65)[C@H]4C3=O)c2)nc2ccccc12. The van der Waals surface area contributed by atoms with Crippen LogP contribution in [0.15, 0.2) is 103 Å². The number of para-hydroxylation sites is 1. The maximum absolute atomic E-state index is 14.3. The van der Waals surface area contributed by atoms with Crippen LogP contribution in [0.3, 0.4) is 0 Å². The van der Waals surface area contributed by atoms with Crippen molar-refractivity contribution in [3.63, 3.8) is 0 Å². The summed E-state index contributed by atoms with van der Waals surface area (Å²) in [7, 11) is 0. The van der Waals surface area contributed by atoms with Crippen molar-refractivity contribution in [1.82, 2.24) is 4.98 Å². The molecule has 1 aliphatic heterocycles. The number of nitrogens with zero attached hydrogens (tertiary/aromatic N) is 2. The molecule has 3 aliphatic carbocycles. The first-order valence-electron chi connectivity index (χ1n) is 15.9. The molecule has 232 valence electrons. The summed E-state index contributed by atoms with van der Waals surface area (Å²) in [4.78, 5) is 60.6. The van der Waals surface area contributed by atoms with Crippen molar-refractivity contribution < 1.29 is 23.9 Å². The number of benzene rings is 4. The Morgan fingerprint density at radius 1 is 0.723 bits per heavy atom. The predicted molar refractivity (Wildman–Crippen MR) is 178 cm³/mol. The number of rotatable bonds is 5. The van der Waals surface area contributed by atoms with Crippen LogP contribution in [0.25, 0.3) is 22.2 Å². The molecule has 1 aromatic heterocycles. The van der Waals surface area contributed by atoms with Crippen LogP contribution in [0, 0.1) is 17.3 Å². The van der Waals surface area contributed by atoms with Crippen molar-refractivity contribution in [3.8, 4) is 11.3 Å². The summed E-state index contributed by atoms with van der Waals surface area (Å²) in [5.74, 6) is -2.56. The lowest BCUT2D eigenvalue weighted by Gasteiger charge is -2.45. The van der Waals surface area contributed by atoms with Crippen molar-refractivity contribution in [3.05, 3.63) is 131 Å². The van der Waals surface area contributed by atoms with Gasteiger partial charge in [-0.1, -0.05) is 99.6 Å². The number of amides is 2. The second-order valence-corrected chi connectivity index (χ2v) is 13.6. The van der Waals surface area contributed by atoms with Crippen LogP contribution in [0.5, 0.6) is 0 Å². The van der Waals surface area contributed by atoms with Gasteiger partial charge in [-0.2, -0.15) is 0 Å². The lowest BCUT2D eigenvalue weighted by Crippen LogP contribution is -2.41. The van der Waals surface area contributed by atoms with E-state index in [2.05, 4.69) is 24.3 Å². The third-order valence-electron chi connectivity index (χ3n) is 9.96. The first-order chi connectivity index (χ1) is 22.6. The number of Topliss-reactive ketones (excluding diaryl/α,β-unsaturated/α-hetero) is 1. The number of ether oxygens (including phenoxy) is 1. The van der Waals surface area contributed by atoms with Crippen molar-refractivity contribution >= 4 is 40.2 Å². The molecule has 47 heavy (non-hydrogen) atoms. The molecule has 9 rings (SSSR count). The topological polar surface area (TPSA) is 93.6 Å². The van der Waals surface area contributed by atoms with Crippen molar-refractivity contribution in [2.24, 2.45) is 17.3 Å². The summed E-state index contributed by atoms with van der Waals surface area (Å²) in [5, 5.41) is 0.601. The normalized spacial score (nSPS) is 21.0. The van der Waals surface area contributed by atoms with Crippen LogP contribution in [0.2, 0.25) is 0 Å². The fraction of sp³-hybridized carbons (Fsp3) is 0.225. The number of pyridine rings is 1. The number of fused-ring (bicyclic) bond motifs is 1. The average Bonchev–Trinajstić information content (AvgIpc) is 3.35. The van der Waals surface area contributed by atoms with Gasteiger partial charge in [0.25, 0.3) is 0 Å². The summed E-state index contributed by atoms with van der Waals surface area (Å²) < 4.78 is 5.47. The number of aromatic nitrogens is 1. The van der Waals surface area contributed by atoms with E-state index < -0.39 is 23.2 Å². The molecule has 2 bridgehead atoms. The molecule has 0 spiro atoms. The monoisotopic (exact) mass is 620 g/mol. The van der Waals surface area contributed by atoms with E-state index >= 15 is 0 Å². The molecular weight excluding hydrogens is 588 g/mol. The first kappa shape index (κ1) is 29.0. The predicted octanol–water partition coefficient (Wildman–Crippen LogP) is 7.07. The minimum absolute atomic E-state index is 0.183. The first-order valence-corrected chi connectivity index (χ1v) is 15.9. The van der Waals surface area contributed by atoms with Gasteiger partial charge in [0.15, 0.2) is 12.4 Å². The molecule has 1 saturated heterocycles. The third kappa shape index (κ3) is 4.44. The van der Waals surface area contributed by atoms with Gasteiger partial charge in [0.1, 0.15) is 0 Å². The van der Waals surface area contributed by atoms with E-state index in [1.54, 1.807) is 51.1 Å². The number of hydrogen-bond donors (Lipinski definition) is 0. The number of carbonyl (C=O) groups excluding carboxylic acids is 4. The highest BCUT2D eigenvalue weighted by atomic mass is 16.5. The van der Waals surface area contributed by atoms with Crippen LogP contribution >= 0.6 is 0 Å². The highest BCUT2D eigenvalue weighted by Crippen LogP contribution is 2.61. The Hall–Kier alpha value is -5.43. The second kappa shape index (κ2) is 10.6. The number of anilines is 1. The molecule has 0 saturated carbocycles. The lowest BCUT2D eigenvalue weighted by molar-refractivity contribution is -0.129. The molecule has 7 heteroatoms. The van der Waals surface area contributed by atoms with Gasteiger partial charge in [-0.05, 0) is 46.5 Å². The van der Waals surface area contributed by atoms with Gasteiger partial charge in [-0.25, -0.2) is 14.7 Å². The van der Waals surface area contributed by atoms with Gasteiger partial charge < -0.3 is 4.74 Å². The van der Waals surface area contributed by atoms with E-state index in [1.807, 2.05) is 48.5 Å². The summed E-state index contributed by atoms with van der Waals surface area (Å²) in [5.41, 5.74) is 6.30. The summed E-state index contributed by atoms with van der Waals surface area (Å²) in [6.45, 7) is 5.01. The van der Waals surface area contributed by atoms with E-state index in [0.717, 1.165) is 22.3 Å². The number of carbonyl (C=O) groups is 4. The molecule has 2 atom stereocenters. The Labute approximate surface area is 272 Å². The Balaban J connectivity index is 1.17. The van der Waals surface area contributed by atoms with Gasteiger partial charge >= 0.3 is 5.97 Å². The molecular formula is C40H32N2O5. The summed E-state index contributed by atoms with van der Waals surface area (Å²) >= 11 is 0. The third-order valence-corrected chi connectivity index (χ3v) is 9.96. The van der Waals surface area contributed by atoms with Crippen molar-refractivity contribution in [1.29, 1.82) is 0 Å². The number of ketones is 1. The minimum atomic E-state index is -0.640. The number of imide groups is 1. The molecule has 4 aliphatic rings. The lowest BCUT2D eigenvalue weighted by atomic mass is 9.55. The molecule has 0 unspecified atom stereocenters. The molecule has 1 fully saturated rings. The maximum Gasteiger partial charge on any atom is 0.339 e. The molecule has 0 N–H and O–H groups in total. The van der Waals surface area contributed by atoms with Gasteiger partial charge in [-0.3, -0.25) is 14.4 Å². The van der Waals surface area contributed by atoms with Gasteiger partial charge in [0.2, 0.25) is 11.8 Å². The number of esters is 1. The zero-order chi connectivity index (χ0) is 32.6. The summed E-state index contributed by atoms with van der Waals surface area (Å²) in [6.07, 6.45) is 0. The molecule has 7 nitrogen and oxygen atoms in total. The summed E-state index contributed by atoms with van der Waals surface area (Å²) in [6, 6.07) is 32.5. The zero-order valence-electron chi connectivity index (χ0n) is 26.3. The Morgan fingerprint density at radius 2 is 1.28 bits per heavy atom. The fourth-order valence-corrected chi connectivity index (χ4v) is 7.65. The Bertz CT molecular complexity index is 2050. The van der Waals surface area contributed by atoms with Gasteiger partial charge in [-0.15, -0.1) is 0 Å². The quantitative estimate of drug-likeness (QED) is 0.154. The molecule has 4 aromatic carbocycles. The van der Waals surface area contributed by atoms with Crippen molar-refractivity contribution in [2.75, 3.05) is 11.5 Å². The Morgan fingerprint density at radius 3 is 1.85 bits per heavy atom. The molecule has 2 amide bonds. The van der Waals surface area contributed by atoms with Gasteiger partial charge in [0, 0.05) is 28.2 Å². The molecule has 2 heterocycles. The highest BCUT2D eigenvalue weighted by molar-refractivity contribution is 6.23. The van der Waals surface area contributed by atoms with Crippen LogP contribution < -0.4 is 4.90 Å². The number of hydrogen-bond acceptors (Lipinski definition) is 6. The molecule has 0 radical (unpaired) electrons. The van der Waals surface area contributed by atoms with Crippen molar-refractivity contribution in [2.45, 2.75) is 32.6 Å². The standard InChI is InChI=1S/C40H32N2O5/c1-40(2,3)32(43)21-47-39(46)29-20-31(41-30-18-9-8-13-24(29)30)22-11-10-12-23(19-22)42-37(44)35-33-25-14-4-5-15-26(25)34(36(35)38(42)45)28-17-7-6-16-27(28)33/h4-20,33-36H,21H2,1-3H3/t33?,34?,35-,36-/m1/s1. The van der Waals surface area contributed by atoms with E-state index in [0.29, 0.717) is 27.8 Å². The Kier molecular flexibility index (Phi) is 6.51. The minimum Gasteiger partial charge on any atom is -0.454 e. The van der Waals surface area contributed by atoms with E-state index in [-0.39, 0.29) is 41.6 Å². The van der Waals surface area contributed by atoms with E-state index in [9.17, 15) is 19.2 Å². The van der Waals surface area contributed by atoms with Crippen LogP contribution in [0.4, 0.5) is 5.69 Å². The smallest absolute Gasteiger partial charge is 0.339 e. The maximum atomic E-state index is 14.3. The largest absolute Gasteiger partial charge is 0.454 e. The van der Waals surface area contributed by atoms with E-state index in [1.165, 1.54) is 4.90 Å². The molecule has 5 aromatic rings. The van der Waals surface area contributed by atoms with Crippen LogP contribution in [-0.4, -0.2) is 35.2 Å². The fourth-order valence-electron chi connectivity index (χ4n) is 7.65. The zero-order valence-corrected chi connectivity index (χ0v) is 26.3. The van der Waals surface area contributed by atoms with Crippen LogP contribution in [-0.2, 0) is 19.1 Å².